The van der Waals surface area contributed by atoms with E-state index in [0.717, 1.165) is 12.0 Å². The van der Waals surface area contributed by atoms with E-state index in [9.17, 15) is 4.79 Å². The zero-order chi connectivity index (χ0) is 11.6. The SMILES string of the molecule is CCCONNC(=O)OCc1ccccc1. The van der Waals surface area contributed by atoms with Gasteiger partial charge in [-0.15, -0.1) is 5.59 Å². The van der Waals surface area contributed by atoms with E-state index < -0.39 is 6.09 Å². The molecule has 16 heavy (non-hydrogen) atoms. The van der Waals surface area contributed by atoms with Gasteiger partial charge in [0.25, 0.3) is 0 Å². The number of amides is 1. The normalized spacial score (nSPS) is 9.81. The van der Waals surface area contributed by atoms with Crippen molar-refractivity contribution in [2.45, 2.75) is 20.0 Å². The summed E-state index contributed by atoms with van der Waals surface area (Å²) in [5, 5.41) is 0. The Morgan fingerprint density at radius 1 is 1.31 bits per heavy atom. The van der Waals surface area contributed by atoms with Gasteiger partial charge in [-0.3, -0.25) is 4.84 Å². The van der Waals surface area contributed by atoms with Crippen molar-refractivity contribution in [3.8, 4) is 0 Å². The van der Waals surface area contributed by atoms with Crippen LogP contribution >= 0.6 is 0 Å². The summed E-state index contributed by atoms with van der Waals surface area (Å²) in [4.78, 5) is 15.9. The van der Waals surface area contributed by atoms with Gasteiger partial charge in [-0.05, 0) is 12.0 Å². The van der Waals surface area contributed by atoms with E-state index in [1.807, 2.05) is 37.3 Å². The summed E-state index contributed by atoms with van der Waals surface area (Å²) >= 11 is 0. The van der Waals surface area contributed by atoms with Gasteiger partial charge in [-0.25, -0.2) is 10.2 Å². The first-order valence-electron chi connectivity index (χ1n) is 5.16. The molecule has 0 aliphatic carbocycles. The maximum absolute atomic E-state index is 11.1. The minimum absolute atomic E-state index is 0.238. The highest BCUT2D eigenvalue weighted by molar-refractivity contribution is 5.66. The molecule has 2 N–H and O–H groups in total. The summed E-state index contributed by atoms with van der Waals surface area (Å²) in [5.74, 6) is 0. The van der Waals surface area contributed by atoms with E-state index in [2.05, 4.69) is 11.0 Å². The average molecular weight is 224 g/mol. The molecule has 0 atom stereocenters. The highest BCUT2D eigenvalue weighted by atomic mass is 16.7. The maximum atomic E-state index is 11.1. The van der Waals surface area contributed by atoms with Gasteiger partial charge < -0.3 is 4.74 Å². The Labute approximate surface area is 94.7 Å². The van der Waals surface area contributed by atoms with Gasteiger partial charge in [-0.1, -0.05) is 37.3 Å². The average Bonchev–Trinajstić information content (AvgIpc) is 2.33. The van der Waals surface area contributed by atoms with Crippen LogP contribution in [0.2, 0.25) is 0 Å². The van der Waals surface area contributed by atoms with Crippen molar-refractivity contribution < 1.29 is 14.4 Å². The fourth-order valence-corrected chi connectivity index (χ4v) is 0.990. The Morgan fingerprint density at radius 2 is 2.06 bits per heavy atom. The van der Waals surface area contributed by atoms with Crippen LogP contribution in [-0.4, -0.2) is 12.7 Å². The van der Waals surface area contributed by atoms with Crippen molar-refractivity contribution in [3.05, 3.63) is 35.9 Å². The second-order valence-electron chi connectivity index (χ2n) is 3.14. The molecule has 1 rings (SSSR count). The zero-order valence-electron chi connectivity index (χ0n) is 9.23. The molecular weight excluding hydrogens is 208 g/mol. The molecule has 0 bridgehead atoms. The number of hydrazine groups is 1. The van der Waals surface area contributed by atoms with Gasteiger partial charge in [-0.2, -0.15) is 0 Å². The summed E-state index contributed by atoms with van der Waals surface area (Å²) in [6.45, 7) is 2.73. The van der Waals surface area contributed by atoms with Crippen LogP contribution in [-0.2, 0) is 16.2 Å². The lowest BCUT2D eigenvalue weighted by Crippen LogP contribution is -2.37. The fraction of sp³-hybridized carbons (Fsp3) is 0.364. The van der Waals surface area contributed by atoms with Crippen molar-refractivity contribution in [3.63, 3.8) is 0 Å². The van der Waals surface area contributed by atoms with Crippen LogP contribution in [0.5, 0.6) is 0 Å². The largest absolute Gasteiger partial charge is 0.444 e. The van der Waals surface area contributed by atoms with Crippen LogP contribution < -0.4 is 11.0 Å². The molecule has 1 aromatic rings. The summed E-state index contributed by atoms with van der Waals surface area (Å²) in [7, 11) is 0. The number of ether oxygens (including phenoxy) is 1. The van der Waals surface area contributed by atoms with Gasteiger partial charge in [0.05, 0.1) is 6.61 Å². The summed E-state index contributed by atoms with van der Waals surface area (Å²) in [5.41, 5.74) is 5.49. The predicted octanol–water partition coefficient (Wildman–Crippen LogP) is 1.76. The predicted molar refractivity (Wildman–Crippen MR) is 59.1 cm³/mol. The van der Waals surface area contributed by atoms with E-state index in [-0.39, 0.29) is 6.61 Å². The quantitative estimate of drug-likeness (QED) is 0.571. The smallest absolute Gasteiger partial charge is 0.423 e. The summed E-state index contributed by atoms with van der Waals surface area (Å²) in [6.07, 6.45) is 0.299. The highest BCUT2D eigenvalue weighted by Gasteiger charge is 2.00. The molecular formula is C11H16N2O3. The lowest BCUT2D eigenvalue weighted by atomic mass is 10.2. The van der Waals surface area contributed by atoms with Crippen molar-refractivity contribution >= 4 is 6.09 Å². The summed E-state index contributed by atoms with van der Waals surface area (Å²) in [6, 6.07) is 9.45. The van der Waals surface area contributed by atoms with Crippen LogP contribution in [0.25, 0.3) is 0 Å². The third-order valence-electron chi connectivity index (χ3n) is 1.74. The molecule has 0 aromatic heterocycles. The second-order valence-corrected chi connectivity index (χ2v) is 3.14. The first kappa shape index (κ1) is 12.5. The Balaban J connectivity index is 2.11. The highest BCUT2D eigenvalue weighted by Crippen LogP contribution is 1.99. The Hall–Kier alpha value is -1.59. The zero-order valence-corrected chi connectivity index (χ0v) is 9.23. The monoisotopic (exact) mass is 224 g/mol. The van der Waals surface area contributed by atoms with E-state index in [1.165, 1.54) is 0 Å². The minimum atomic E-state index is -0.569. The minimum Gasteiger partial charge on any atom is -0.444 e. The number of rotatable bonds is 6. The number of nitrogens with one attached hydrogen (secondary N) is 2. The van der Waals surface area contributed by atoms with Crippen LogP contribution in [0.4, 0.5) is 4.79 Å². The van der Waals surface area contributed by atoms with E-state index in [4.69, 9.17) is 9.57 Å². The van der Waals surface area contributed by atoms with Crippen molar-refractivity contribution in [2.24, 2.45) is 0 Å². The Bertz CT molecular complexity index is 303. The number of carbonyl (C=O) groups is 1. The van der Waals surface area contributed by atoms with Crippen LogP contribution in [0.15, 0.2) is 30.3 Å². The molecule has 0 unspecified atom stereocenters. The maximum Gasteiger partial charge on any atom is 0.423 e. The van der Waals surface area contributed by atoms with Crippen molar-refractivity contribution in [1.82, 2.24) is 11.0 Å². The first-order valence-corrected chi connectivity index (χ1v) is 5.16. The molecule has 0 saturated heterocycles. The molecule has 0 fully saturated rings. The second kappa shape index (κ2) is 7.67. The molecule has 1 amide bonds. The van der Waals surface area contributed by atoms with E-state index in [1.54, 1.807) is 0 Å². The van der Waals surface area contributed by atoms with Gasteiger partial charge in [0.1, 0.15) is 6.61 Å². The van der Waals surface area contributed by atoms with Crippen LogP contribution in [0.3, 0.4) is 0 Å². The third kappa shape index (κ3) is 5.33. The molecule has 1 aromatic carbocycles. The van der Waals surface area contributed by atoms with Crippen LogP contribution in [0, 0.1) is 0 Å². The Kier molecular flexibility index (Phi) is 5.98. The molecule has 0 heterocycles. The molecule has 0 saturated carbocycles. The molecule has 88 valence electrons. The molecule has 5 heteroatoms. The van der Waals surface area contributed by atoms with Crippen LogP contribution in [0.1, 0.15) is 18.9 Å². The standard InChI is InChI=1S/C11H16N2O3/c1-2-8-16-13-12-11(14)15-9-10-6-4-3-5-7-10/h3-7,13H,2,8-9H2,1H3,(H,12,14). The number of hydrogen-bond acceptors (Lipinski definition) is 4. The van der Waals surface area contributed by atoms with E-state index in [0.29, 0.717) is 6.61 Å². The van der Waals surface area contributed by atoms with Gasteiger partial charge in [0.2, 0.25) is 0 Å². The lowest BCUT2D eigenvalue weighted by Gasteiger charge is -2.07. The Morgan fingerprint density at radius 3 is 2.75 bits per heavy atom. The van der Waals surface area contributed by atoms with Gasteiger partial charge in [0, 0.05) is 0 Å². The summed E-state index contributed by atoms with van der Waals surface area (Å²) < 4.78 is 4.92. The van der Waals surface area contributed by atoms with Gasteiger partial charge in [0.15, 0.2) is 0 Å². The van der Waals surface area contributed by atoms with Crippen molar-refractivity contribution in [2.75, 3.05) is 6.61 Å². The fourth-order valence-electron chi connectivity index (χ4n) is 0.990. The molecule has 0 aliphatic rings. The number of benzene rings is 1. The topological polar surface area (TPSA) is 59.6 Å². The molecule has 0 aliphatic heterocycles. The number of hydrogen-bond donors (Lipinski definition) is 2. The third-order valence-corrected chi connectivity index (χ3v) is 1.74. The molecule has 0 spiro atoms. The molecule has 0 radical (unpaired) electrons. The first-order chi connectivity index (χ1) is 7.83. The van der Waals surface area contributed by atoms with Crippen molar-refractivity contribution in [1.29, 1.82) is 0 Å². The van der Waals surface area contributed by atoms with E-state index >= 15 is 0 Å². The lowest BCUT2D eigenvalue weighted by molar-refractivity contribution is 0.00828. The number of carbonyl (C=O) groups excluding carboxylic acids is 1. The molecule has 5 nitrogen and oxygen atoms in total. The van der Waals surface area contributed by atoms with Gasteiger partial charge >= 0.3 is 6.09 Å².